The smallest absolute Gasteiger partial charge is 0.302 e. The first kappa shape index (κ1) is 22.6. The molecule has 2 rings (SSSR count). The van der Waals surface area contributed by atoms with Crippen LogP contribution in [-0.2, 0) is 9.53 Å². The van der Waals surface area contributed by atoms with Crippen LogP contribution in [0.5, 0.6) is 0 Å². The molecule has 2 aromatic carbocycles. The van der Waals surface area contributed by atoms with Crippen LogP contribution in [0.1, 0.15) is 52.9 Å². The van der Waals surface area contributed by atoms with Gasteiger partial charge in [-0.15, -0.1) is 0 Å². The van der Waals surface area contributed by atoms with Crippen LogP contribution in [0.3, 0.4) is 0 Å². The van der Waals surface area contributed by atoms with Crippen molar-refractivity contribution in [3.63, 3.8) is 0 Å². The van der Waals surface area contributed by atoms with Gasteiger partial charge in [-0.05, 0) is 49.6 Å². The number of rotatable bonds is 11. The minimum absolute atomic E-state index is 0.0493. The Hall–Kier alpha value is -1.65. The molecular formula is C24H30O2S2. The van der Waals surface area contributed by atoms with Crippen molar-refractivity contribution in [1.29, 1.82) is 0 Å². The van der Waals surface area contributed by atoms with Crippen LogP contribution in [0.15, 0.2) is 80.3 Å². The van der Waals surface area contributed by atoms with E-state index in [9.17, 15) is 4.79 Å². The molecule has 0 bridgehead atoms. The highest BCUT2D eigenvalue weighted by molar-refractivity contribution is 8.22. The fraction of sp³-hybridized carbons (Fsp3) is 0.375. The maximum atomic E-state index is 11.6. The molecular weight excluding hydrogens is 384 g/mol. The summed E-state index contributed by atoms with van der Waals surface area (Å²) < 4.78 is 6.88. The van der Waals surface area contributed by atoms with Crippen LogP contribution in [0.4, 0.5) is 0 Å². The van der Waals surface area contributed by atoms with Gasteiger partial charge < -0.3 is 4.74 Å². The van der Waals surface area contributed by atoms with E-state index in [1.54, 1.807) is 23.5 Å². The number of hydrogen-bond acceptors (Lipinski definition) is 4. The molecule has 28 heavy (non-hydrogen) atoms. The van der Waals surface area contributed by atoms with E-state index in [1.807, 2.05) is 12.1 Å². The number of hydrogen-bond donors (Lipinski definition) is 0. The third-order valence-corrected chi connectivity index (χ3v) is 6.84. The zero-order chi connectivity index (χ0) is 20.2. The van der Waals surface area contributed by atoms with Crippen LogP contribution in [-0.4, -0.2) is 12.1 Å². The van der Waals surface area contributed by atoms with Gasteiger partial charge in [-0.2, -0.15) is 0 Å². The molecule has 0 aliphatic carbocycles. The van der Waals surface area contributed by atoms with Crippen molar-refractivity contribution < 1.29 is 9.53 Å². The second-order valence-electron chi connectivity index (χ2n) is 6.83. The lowest BCUT2D eigenvalue weighted by atomic mass is 10.0. The van der Waals surface area contributed by atoms with E-state index in [1.165, 1.54) is 39.4 Å². The number of benzene rings is 2. The molecule has 0 aliphatic heterocycles. The van der Waals surface area contributed by atoms with Gasteiger partial charge in [-0.3, -0.25) is 4.79 Å². The van der Waals surface area contributed by atoms with E-state index in [-0.39, 0.29) is 12.1 Å². The van der Waals surface area contributed by atoms with E-state index in [2.05, 4.69) is 62.4 Å². The second kappa shape index (κ2) is 12.7. The van der Waals surface area contributed by atoms with Gasteiger partial charge in [0.2, 0.25) is 0 Å². The van der Waals surface area contributed by atoms with Gasteiger partial charge in [-0.1, -0.05) is 79.7 Å². The third kappa shape index (κ3) is 8.57. The van der Waals surface area contributed by atoms with E-state index in [0.717, 1.165) is 19.3 Å². The maximum absolute atomic E-state index is 11.6. The molecule has 0 amide bonds. The Morgan fingerprint density at radius 2 is 1.43 bits per heavy atom. The quantitative estimate of drug-likeness (QED) is 0.214. The Balaban J connectivity index is 2.20. The predicted octanol–water partition coefficient (Wildman–Crippen LogP) is 7.70. The van der Waals surface area contributed by atoms with Gasteiger partial charge in [-0.25, -0.2) is 0 Å². The first-order chi connectivity index (χ1) is 13.6. The highest BCUT2D eigenvalue weighted by Gasteiger charge is 2.16. The van der Waals surface area contributed by atoms with Gasteiger partial charge >= 0.3 is 5.97 Å². The molecule has 0 fully saturated rings. The van der Waals surface area contributed by atoms with Crippen molar-refractivity contribution in [1.82, 2.24) is 0 Å². The van der Waals surface area contributed by atoms with Crippen LogP contribution < -0.4 is 0 Å². The molecule has 1 atom stereocenters. The largest absolute Gasteiger partial charge is 0.462 e. The normalized spacial score (nSPS) is 11.7. The maximum Gasteiger partial charge on any atom is 0.302 e. The fourth-order valence-corrected chi connectivity index (χ4v) is 5.14. The molecule has 0 spiro atoms. The SMILES string of the molecule is CCCCCC(CC(C)=C(Sc1ccccc1)Sc1ccccc1)OC(C)=O. The summed E-state index contributed by atoms with van der Waals surface area (Å²) >= 11 is 3.57. The summed E-state index contributed by atoms with van der Waals surface area (Å²) in [6, 6.07) is 20.9. The number of carbonyl (C=O) groups is 1. The Morgan fingerprint density at radius 1 is 0.893 bits per heavy atom. The lowest BCUT2D eigenvalue weighted by Gasteiger charge is -2.19. The van der Waals surface area contributed by atoms with Crippen LogP contribution in [0.25, 0.3) is 0 Å². The van der Waals surface area contributed by atoms with Crippen LogP contribution in [0, 0.1) is 0 Å². The number of unbranched alkanes of at least 4 members (excludes halogenated alkanes) is 2. The van der Waals surface area contributed by atoms with Crippen molar-refractivity contribution >= 4 is 29.5 Å². The number of thioether (sulfide) groups is 2. The molecule has 1 unspecified atom stereocenters. The van der Waals surface area contributed by atoms with E-state index in [0.29, 0.717) is 0 Å². The Labute approximate surface area is 178 Å². The van der Waals surface area contributed by atoms with Gasteiger partial charge in [0.05, 0.1) is 0 Å². The summed E-state index contributed by atoms with van der Waals surface area (Å²) in [5.74, 6) is -0.192. The molecule has 0 aromatic heterocycles. The summed E-state index contributed by atoms with van der Waals surface area (Å²) in [5, 5.41) is 0. The fourth-order valence-electron chi connectivity index (χ4n) is 2.87. The number of ether oxygens (including phenoxy) is 1. The molecule has 0 saturated carbocycles. The van der Waals surface area contributed by atoms with Crippen molar-refractivity contribution in [2.24, 2.45) is 0 Å². The third-order valence-electron chi connectivity index (χ3n) is 4.25. The second-order valence-corrected chi connectivity index (χ2v) is 9.26. The average molecular weight is 415 g/mol. The van der Waals surface area contributed by atoms with Crippen molar-refractivity contribution in [3.8, 4) is 0 Å². The van der Waals surface area contributed by atoms with Crippen molar-refractivity contribution in [2.75, 3.05) is 0 Å². The molecule has 0 N–H and O–H groups in total. The molecule has 2 nitrogen and oxygen atoms in total. The summed E-state index contributed by atoms with van der Waals surface area (Å²) in [7, 11) is 0. The number of carbonyl (C=O) groups excluding carboxylic acids is 1. The highest BCUT2D eigenvalue weighted by atomic mass is 32.2. The first-order valence-electron chi connectivity index (χ1n) is 9.91. The average Bonchev–Trinajstić information content (AvgIpc) is 2.69. The Morgan fingerprint density at radius 3 is 1.89 bits per heavy atom. The first-order valence-corrected chi connectivity index (χ1v) is 11.5. The number of esters is 1. The van der Waals surface area contributed by atoms with Crippen LogP contribution >= 0.6 is 23.5 Å². The molecule has 0 aliphatic rings. The highest BCUT2D eigenvalue weighted by Crippen LogP contribution is 2.42. The lowest BCUT2D eigenvalue weighted by molar-refractivity contribution is -0.146. The summed E-state index contributed by atoms with van der Waals surface area (Å²) in [6.45, 7) is 5.86. The standard InChI is InChI=1S/C24H30O2S2/c1-4-5-8-13-21(26-20(3)25)18-19(2)24(27-22-14-9-6-10-15-22)28-23-16-11-7-12-17-23/h6-7,9-12,14-17,21H,4-5,8,13,18H2,1-3H3. The van der Waals surface area contributed by atoms with Gasteiger partial charge in [0, 0.05) is 27.4 Å². The Kier molecular flexibility index (Phi) is 10.3. The lowest BCUT2D eigenvalue weighted by Crippen LogP contribution is -2.17. The molecule has 0 radical (unpaired) electrons. The minimum Gasteiger partial charge on any atom is -0.462 e. The van der Waals surface area contributed by atoms with Gasteiger partial charge in [0.1, 0.15) is 6.10 Å². The zero-order valence-electron chi connectivity index (χ0n) is 17.0. The minimum atomic E-state index is -0.192. The van der Waals surface area contributed by atoms with Crippen molar-refractivity contribution in [3.05, 3.63) is 70.5 Å². The van der Waals surface area contributed by atoms with Gasteiger partial charge in [0.25, 0.3) is 0 Å². The molecule has 0 heterocycles. The van der Waals surface area contributed by atoms with E-state index >= 15 is 0 Å². The molecule has 2 aromatic rings. The summed E-state index contributed by atoms with van der Waals surface area (Å²) in [6.07, 6.45) is 5.08. The van der Waals surface area contributed by atoms with Gasteiger partial charge in [0.15, 0.2) is 0 Å². The molecule has 150 valence electrons. The van der Waals surface area contributed by atoms with Crippen LogP contribution in [0.2, 0.25) is 0 Å². The molecule has 4 heteroatoms. The van der Waals surface area contributed by atoms with Crippen molar-refractivity contribution in [2.45, 2.75) is 68.8 Å². The Bertz CT molecular complexity index is 698. The summed E-state index contributed by atoms with van der Waals surface area (Å²) in [5.41, 5.74) is 1.27. The topological polar surface area (TPSA) is 26.3 Å². The monoisotopic (exact) mass is 414 g/mol. The van der Waals surface area contributed by atoms with E-state index in [4.69, 9.17) is 4.74 Å². The van der Waals surface area contributed by atoms with E-state index < -0.39 is 0 Å². The zero-order valence-corrected chi connectivity index (χ0v) is 18.7. The molecule has 0 saturated heterocycles. The summed E-state index contributed by atoms with van der Waals surface area (Å²) in [4.78, 5) is 14.0. The predicted molar refractivity (Wildman–Crippen MR) is 122 cm³/mol.